The number of alkyl halides is 1. The van der Waals surface area contributed by atoms with Crippen LogP contribution in [0.3, 0.4) is 0 Å². The van der Waals surface area contributed by atoms with E-state index in [0.29, 0.717) is 0 Å². The zero-order valence-corrected chi connectivity index (χ0v) is 13.4. The highest BCUT2D eigenvalue weighted by molar-refractivity contribution is 9.08. The van der Waals surface area contributed by atoms with Crippen LogP contribution in [0.1, 0.15) is 45.9 Å². The van der Waals surface area contributed by atoms with Crippen LogP contribution in [-0.4, -0.2) is 5.91 Å². The number of halogens is 1. The summed E-state index contributed by atoms with van der Waals surface area (Å²) in [4.78, 5) is 12.4. The lowest BCUT2D eigenvalue weighted by molar-refractivity contribution is 0.0933. The van der Waals surface area contributed by atoms with Crippen LogP contribution in [0, 0.1) is 0 Å². The van der Waals surface area contributed by atoms with E-state index in [1.54, 1.807) is 0 Å². The van der Waals surface area contributed by atoms with Crippen molar-refractivity contribution in [1.82, 2.24) is 5.32 Å². The minimum absolute atomic E-state index is 0.0119. The lowest BCUT2D eigenvalue weighted by Gasteiger charge is -2.26. The fourth-order valence-electron chi connectivity index (χ4n) is 2.89. The van der Waals surface area contributed by atoms with Gasteiger partial charge < -0.3 is 5.32 Å². The van der Waals surface area contributed by atoms with E-state index >= 15 is 0 Å². The Hall–Kier alpha value is -1.61. The summed E-state index contributed by atoms with van der Waals surface area (Å²) in [6, 6.07) is 16.3. The van der Waals surface area contributed by atoms with Crippen LogP contribution in [0.15, 0.2) is 48.5 Å². The minimum atomic E-state index is 0.0119. The largest absolute Gasteiger partial charge is 0.345 e. The van der Waals surface area contributed by atoms with Gasteiger partial charge in [-0.25, -0.2) is 0 Å². The number of hydrogen-bond donors (Lipinski definition) is 1. The zero-order valence-electron chi connectivity index (χ0n) is 11.8. The molecule has 2 aromatic carbocycles. The lowest BCUT2D eigenvalue weighted by Crippen LogP contribution is -2.30. The smallest absolute Gasteiger partial charge is 0.251 e. The predicted molar refractivity (Wildman–Crippen MR) is 88.7 cm³/mol. The number of carbonyl (C=O) groups is 1. The fraction of sp³-hybridized carbons (Fsp3) is 0.278. The number of fused-ring (bicyclic) bond motifs is 1. The van der Waals surface area contributed by atoms with Crippen molar-refractivity contribution in [3.8, 4) is 0 Å². The van der Waals surface area contributed by atoms with Crippen LogP contribution >= 0.6 is 15.9 Å². The Balaban J connectivity index is 1.76. The van der Waals surface area contributed by atoms with Crippen molar-refractivity contribution >= 4 is 21.8 Å². The lowest BCUT2D eigenvalue weighted by atomic mass is 9.87. The SMILES string of the molecule is O=C(NC1CCCc2ccccc21)c1ccc(CBr)cc1. The Morgan fingerprint density at radius 3 is 2.67 bits per heavy atom. The molecule has 0 fully saturated rings. The van der Waals surface area contributed by atoms with Crippen LogP contribution in [-0.2, 0) is 11.8 Å². The van der Waals surface area contributed by atoms with Gasteiger partial charge in [-0.15, -0.1) is 0 Å². The van der Waals surface area contributed by atoms with Gasteiger partial charge in [-0.05, 0) is 48.1 Å². The second-order valence-corrected chi connectivity index (χ2v) is 6.01. The fourth-order valence-corrected chi connectivity index (χ4v) is 3.26. The number of amides is 1. The van der Waals surface area contributed by atoms with E-state index < -0.39 is 0 Å². The van der Waals surface area contributed by atoms with Crippen molar-refractivity contribution in [3.63, 3.8) is 0 Å². The number of aryl methyl sites for hydroxylation is 1. The van der Waals surface area contributed by atoms with Crippen molar-refractivity contribution in [1.29, 1.82) is 0 Å². The molecule has 0 saturated heterocycles. The first-order valence-corrected chi connectivity index (χ1v) is 8.43. The average Bonchev–Trinajstić information content (AvgIpc) is 2.55. The van der Waals surface area contributed by atoms with Crippen LogP contribution in [0.5, 0.6) is 0 Å². The molecule has 1 N–H and O–H groups in total. The number of hydrogen-bond acceptors (Lipinski definition) is 1. The standard InChI is InChI=1S/C18H18BrNO/c19-12-13-8-10-15(11-9-13)18(21)20-17-7-3-5-14-4-1-2-6-16(14)17/h1-2,4,6,8-11,17H,3,5,7,12H2,(H,20,21). The maximum Gasteiger partial charge on any atom is 0.251 e. The van der Waals surface area contributed by atoms with Crippen LogP contribution < -0.4 is 5.32 Å². The maximum atomic E-state index is 12.4. The van der Waals surface area contributed by atoms with Crippen molar-refractivity contribution in [2.45, 2.75) is 30.6 Å². The van der Waals surface area contributed by atoms with E-state index in [0.717, 1.165) is 30.2 Å². The van der Waals surface area contributed by atoms with Crippen molar-refractivity contribution in [2.24, 2.45) is 0 Å². The maximum absolute atomic E-state index is 12.4. The molecule has 1 aliphatic carbocycles. The van der Waals surface area contributed by atoms with E-state index in [1.807, 2.05) is 30.3 Å². The highest BCUT2D eigenvalue weighted by Gasteiger charge is 2.21. The van der Waals surface area contributed by atoms with E-state index in [1.165, 1.54) is 16.7 Å². The summed E-state index contributed by atoms with van der Waals surface area (Å²) in [7, 11) is 0. The van der Waals surface area contributed by atoms with Gasteiger partial charge in [0.25, 0.3) is 5.91 Å². The quantitative estimate of drug-likeness (QED) is 0.822. The number of nitrogens with one attached hydrogen (secondary N) is 1. The summed E-state index contributed by atoms with van der Waals surface area (Å²) in [6.45, 7) is 0. The molecule has 2 aromatic rings. The molecule has 0 aliphatic heterocycles. The van der Waals surface area contributed by atoms with Crippen LogP contribution in [0.25, 0.3) is 0 Å². The summed E-state index contributed by atoms with van der Waals surface area (Å²) in [6.07, 6.45) is 3.26. The minimum Gasteiger partial charge on any atom is -0.345 e. The molecule has 108 valence electrons. The van der Waals surface area contributed by atoms with E-state index in [-0.39, 0.29) is 11.9 Å². The Morgan fingerprint density at radius 2 is 1.90 bits per heavy atom. The number of rotatable bonds is 3. The zero-order chi connectivity index (χ0) is 14.7. The highest BCUT2D eigenvalue weighted by Crippen LogP contribution is 2.29. The van der Waals surface area contributed by atoms with E-state index in [9.17, 15) is 4.79 Å². The van der Waals surface area contributed by atoms with E-state index in [4.69, 9.17) is 0 Å². The van der Waals surface area contributed by atoms with Gasteiger partial charge in [-0.3, -0.25) is 4.79 Å². The first-order valence-electron chi connectivity index (χ1n) is 7.31. The molecule has 3 rings (SSSR count). The third kappa shape index (κ3) is 3.18. The van der Waals surface area contributed by atoms with Gasteiger partial charge in [0.15, 0.2) is 0 Å². The molecule has 1 atom stereocenters. The monoisotopic (exact) mass is 343 g/mol. The molecule has 0 spiro atoms. The summed E-state index contributed by atoms with van der Waals surface area (Å²) >= 11 is 3.42. The van der Waals surface area contributed by atoms with Crippen molar-refractivity contribution in [3.05, 3.63) is 70.8 Å². The predicted octanol–water partition coefficient (Wildman–Crippen LogP) is 4.39. The summed E-state index contributed by atoms with van der Waals surface area (Å²) in [5.74, 6) is 0.0119. The van der Waals surface area contributed by atoms with Crippen LogP contribution in [0.4, 0.5) is 0 Å². The summed E-state index contributed by atoms with van der Waals surface area (Å²) in [5.41, 5.74) is 4.54. The normalized spacial score (nSPS) is 17.1. The Labute approximate surface area is 133 Å². The topological polar surface area (TPSA) is 29.1 Å². The molecule has 0 radical (unpaired) electrons. The van der Waals surface area contributed by atoms with Gasteiger partial charge in [-0.2, -0.15) is 0 Å². The summed E-state index contributed by atoms with van der Waals surface area (Å²) in [5, 5.41) is 3.99. The van der Waals surface area contributed by atoms with Crippen molar-refractivity contribution < 1.29 is 4.79 Å². The second kappa shape index (κ2) is 6.44. The third-order valence-electron chi connectivity index (χ3n) is 4.05. The molecule has 0 aromatic heterocycles. The first-order chi connectivity index (χ1) is 10.3. The van der Waals surface area contributed by atoms with Gasteiger partial charge in [0, 0.05) is 10.9 Å². The Bertz CT molecular complexity index is 636. The molecule has 0 bridgehead atoms. The molecule has 1 amide bonds. The van der Waals surface area contributed by atoms with Crippen LogP contribution in [0.2, 0.25) is 0 Å². The number of benzene rings is 2. The van der Waals surface area contributed by atoms with E-state index in [2.05, 4.69) is 39.4 Å². The van der Waals surface area contributed by atoms with Gasteiger partial charge in [0.2, 0.25) is 0 Å². The van der Waals surface area contributed by atoms with Gasteiger partial charge in [0.1, 0.15) is 0 Å². The van der Waals surface area contributed by atoms with Crippen molar-refractivity contribution in [2.75, 3.05) is 0 Å². The van der Waals surface area contributed by atoms with Gasteiger partial charge >= 0.3 is 0 Å². The number of carbonyl (C=O) groups excluding carboxylic acids is 1. The second-order valence-electron chi connectivity index (χ2n) is 5.45. The molecule has 21 heavy (non-hydrogen) atoms. The molecule has 0 saturated carbocycles. The first kappa shape index (κ1) is 14.3. The third-order valence-corrected chi connectivity index (χ3v) is 4.69. The van der Waals surface area contributed by atoms with Gasteiger partial charge in [-0.1, -0.05) is 52.3 Å². The average molecular weight is 344 g/mol. The molecule has 1 aliphatic rings. The highest BCUT2D eigenvalue weighted by atomic mass is 79.9. The molecule has 3 heteroatoms. The molecular weight excluding hydrogens is 326 g/mol. The molecule has 0 heterocycles. The Morgan fingerprint density at radius 1 is 1.14 bits per heavy atom. The summed E-state index contributed by atoms with van der Waals surface area (Å²) < 4.78 is 0. The molecule has 2 nitrogen and oxygen atoms in total. The van der Waals surface area contributed by atoms with Gasteiger partial charge in [0.05, 0.1) is 6.04 Å². The molecule has 1 unspecified atom stereocenters. The molecular formula is C18H18BrNO. The Kier molecular flexibility index (Phi) is 4.39.